The van der Waals surface area contributed by atoms with E-state index in [2.05, 4.69) is 0 Å². The van der Waals surface area contributed by atoms with E-state index in [0.29, 0.717) is 11.8 Å². The van der Waals surface area contributed by atoms with Crippen LogP contribution in [0.5, 0.6) is 0 Å². The fourth-order valence-electron chi connectivity index (χ4n) is 3.11. The van der Waals surface area contributed by atoms with Crippen LogP contribution in [-0.2, 0) is 4.74 Å². The summed E-state index contributed by atoms with van der Waals surface area (Å²) in [5, 5.41) is 11.8. The smallest absolute Gasteiger partial charge is 0.131 e. The van der Waals surface area contributed by atoms with Crippen LogP contribution in [0, 0.1) is 5.82 Å². The quantitative estimate of drug-likeness (QED) is 0.905. The molecule has 2 aromatic rings. The Hall–Kier alpha value is -1.45. The standard InChI is InChI=1S/C18H21FO2/c19-17-10-9-16(14-6-1-2-7-15(14)17)18(20)11-8-13-5-3-4-12-21-13/h1-2,6-7,9-10,13,18,20H,3-5,8,11-12H2. The molecule has 0 amide bonds. The molecule has 2 atom stereocenters. The van der Waals surface area contributed by atoms with Crippen molar-refractivity contribution in [3.63, 3.8) is 0 Å². The van der Waals surface area contributed by atoms with E-state index in [9.17, 15) is 9.50 Å². The molecular formula is C18H21FO2. The minimum Gasteiger partial charge on any atom is -0.388 e. The van der Waals surface area contributed by atoms with E-state index in [1.54, 1.807) is 12.1 Å². The highest BCUT2D eigenvalue weighted by Crippen LogP contribution is 2.30. The molecular weight excluding hydrogens is 267 g/mol. The van der Waals surface area contributed by atoms with E-state index in [1.807, 2.05) is 18.2 Å². The Morgan fingerprint density at radius 1 is 1.14 bits per heavy atom. The molecule has 0 aromatic heterocycles. The van der Waals surface area contributed by atoms with Crippen molar-refractivity contribution in [3.8, 4) is 0 Å². The van der Waals surface area contributed by atoms with Crippen LogP contribution in [0.15, 0.2) is 36.4 Å². The van der Waals surface area contributed by atoms with Crippen LogP contribution < -0.4 is 0 Å². The average molecular weight is 288 g/mol. The summed E-state index contributed by atoms with van der Waals surface area (Å²) in [6, 6.07) is 10.5. The molecule has 0 saturated carbocycles. The molecule has 0 radical (unpaired) electrons. The van der Waals surface area contributed by atoms with Gasteiger partial charge in [0.25, 0.3) is 0 Å². The van der Waals surface area contributed by atoms with E-state index in [0.717, 1.165) is 36.8 Å². The number of aliphatic hydroxyl groups excluding tert-OH is 1. The normalized spacial score (nSPS) is 20.6. The maximum absolute atomic E-state index is 13.8. The lowest BCUT2D eigenvalue weighted by Gasteiger charge is -2.24. The van der Waals surface area contributed by atoms with Gasteiger partial charge in [-0.3, -0.25) is 0 Å². The summed E-state index contributed by atoms with van der Waals surface area (Å²) < 4.78 is 19.5. The van der Waals surface area contributed by atoms with Crippen LogP contribution >= 0.6 is 0 Å². The van der Waals surface area contributed by atoms with Crippen LogP contribution in [-0.4, -0.2) is 17.8 Å². The molecule has 2 aromatic carbocycles. The highest BCUT2D eigenvalue weighted by atomic mass is 19.1. The number of benzene rings is 2. The Balaban J connectivity index is 1.75. The van der Waals surface area contributed by atoms with Gasteiger partial charge in [-0.05, 0) is 49.1 Å². The Labute approximate surface area is 124 Å². The molecule has 0 aliphatic carbocycles. The van der Waals surface area contributed by atoms with Gasteiger partial charge in [-0.25, -0.2) is 4.39 Å². The molecule has 2 nitrogen and oxygen atoms in total. The van der Waals surface area contributed by atoms with E-state index >= 15 is 0 Å². The SMILES string of the molecule is OC(CCC1CCCCO1)c1ccc(F)c2ccccc12. The fraction of sp³-hybridized carbons (Fsp3) is 0.444. The first kappa shape index (κ1) is 14.5. The lowest BCUT2D eigenvalue weighted by atomic mass is 9.95. The predicted octanol–water partition coefficient (Wildman–Crippen LogP) is 4.36. The molecule has 0 bridgehead atoms. The minimum atomic E-state index is -0.568. The van der Waals surface area contributed by atoms with E-state index in [1.165, 1.54) is 12.5 Å². The average Bonchev–Trinajstić information content (AvgIpc) is 2.54. The number of hydrogen-bond acceptors (Lipinski definition) is 2. The number of halogens is 1. The van der Waals surface area contributed by atoms with Crippen LogP contribution in [0.3, 0.4) is 0 Å². The Bertz CT molecular complexity index is 605. The molecule has 2 unspecified atom stereocenters. The summed E-state index contributed by atoms with van der Waals surface area (Å²) in [5.41, 5.74) is 0.808. The van der Waals surface area contributed by atoms with Gasteiger partial charge in [0.05, 0.1) is 12.2 Å². The summed E-state index contributed by atoms with van der Waals surface area (Å²) in [4.78, 5) is 0. The maximum Gasteiger partial charge on any atom is 0.131 e. The first-order valence-electron chi connectivity index (χ1n) is 7.72. The fourth-order valence-corrected chi connectivity index (χ4v) is 3.11. The highest BCUT2D eigenvalue weighted by Gasteiger charge is 2.18. The van der Waals surface area contributed by atoms with Crippen molar-refractivity contribution in [2.24, 2.45) is 0 Å². The minimum absolute atomic E-state index is 0.239. The van der Waals surface area contributed by atoms with Gasteiger partial charge in [-0.1, -0.05) is 30.3 Å². The van der Waals surface area contributed by atoms with Crippen molar-refractivity contribution in [3.05, 3.63) is 47.8 Å². The van der Waals surface area contributed by atoms with Crippen molar-refractivity contribution in [1.82, 2.24) is 0 Å². The van der Waals surface area contributed by atoms with E-state index in [-0.39, 0.29) is 11.9 Å². The molecule has 1 heterocycles. The van der Waals surface area contributed by atoms with Crippen LogP contribution in [0.2, 0.25) is 0 Å². The molecule has 1 aliphatic heterocycles. The lowest BCUT2D eigenvalue weighted by molar-refractivity contribution is 0.00222. The Morgan fingerprint density at radius 2 is 1.95 bits per heavy atom. The summed E-state index contributed by atoms with van der Waals surface area (Å²) in [7, 11) is 0. The topological polar surface area (TPSA) is 29.5 Å². The summed E-state index contributed by atoms with van der Waals surface area (Å²) in [6.07, 6.45) is 4.63. The second kappa shape index (κ2) is 6.54. The number of ether oxygens (including phenoxy) is 1. The molecule has 0 spiro atoms. The molecule has 21 heavy (non-hydrogen) atoms. The van der Waals surface area contributed by atoms with Gasteiger partial charge >= 0.3 is 0 Å². The molecule has 112 valence electrons. The molecule has 3 rings (SSSR count). The van der Waals surface area contributed by atoms with Gasteiger partial charge in [0.1, 0.15) is 5.82 Å². The van der Waals surface area contributed by atoms with Gasteiger partial charge in [0.15, 0.2) is 0 Å². The zero-order valence-electron chi connectivity index (χ0n) is 12.1. The van der Waals surface area contributed by atoms with Crippen molar-refractivity contribution >= 4 is 10.8 Å². The summed E-state index contributed by atoms with van der Waals surface area (Å²) >= 11 is 0. The third-order valence-corrected chi connectivity index (χ3v) is 4.30. The lowest BCUT2D eigenvalue weighted by Crippen LogP contribution is -2.19. The van der Waals surface area contributed by atoms with Gasteiger partial charge in [0, 0.05) is 12.0 Å². The Kier molecular flexibility index (Phi) is 4.51. The second-order valence-corrected chi connectivity index (χ2v) is 5.76. The maximum atomic E-state index is 13.8. The van der Waals surface area contributed by atoms with Gasteiger partial charge in [0.2, 0.25) is 0 Å². The number of aliphatic hydroxyl groups is 1. The van der Waals surface area contributed by atoms with Crippen molar-refractivity contribution in [2.75, 3.05) is 6.61 Å². The molecule has 1 saturated heterocycles. The van der Waals surface area contributed by atoms with Crippen LogP contribution in [0.1, 0.15) is 43.8 Å². The third-order valence-electron chi connectivity index (χ3n) is 4.30. The highest BCUT2D eigenvalue weighted by molar-refractivity contribution is 5.86. The van der Waals surface area contributed by atoms with Crippen molar-refractivity contribution in [2.45, 2.75) is 44.3 Å². The zero-order chi connectivity index (χ0) is 14.7. The van der Waals surface area contributed by atoms with Gasteiger partial charge in [-0.2, -0.15) is 0 Å². The predicted molar refractivity (Wildman–Crippen MR) is 81.7 cm³/mol. The van der Waals surface area contributed by atoms with E-state index < -0.39 is 6.10 Å². The van der Waals surface area contributed by atoms with Crippen molar-refractivity contribution < 1.29 is 14.2 Å². The number of rotatable bonds is 4. The van der Waals surface area contributed by atoms with Crippen LogP contribution in [0.25, 0.3) is 10.8 Å². The second-order valence-electron chi connectivity index (χ2n) is 5.76. The molecule has 1 fully saturated rings. The largest absolute Gasteiger partial charge is 0.388 e. The molecule has 1 aliphatic rings. The molecule has 3 heteroatoms. The van der Waals surface area contributed by atoms with Crippen molar-refractivity contribution in [1.29, 1.82) is 0 Å². The number of fused-ring (bicyclic) bond motifs is 1. The zero-order valence-corrected chi connectivity index (χ0v) is 12.1. The third kappa shape index (κ3) is 3.25. The Morgan fingerprint density at radius 3 is 2.71 bits per heavy atom. The van der Waals surface area contributed by atoms with E-state index in [4.69, 9.17) is 4.74 Å². The monoisotopic (exact) mass is 288 g/mol. The molecule has 1 N–H and O–H groups in total. The first-order valence-corrected chi connectivity index (χ1v) is 7.72. The van der Waals surface area contributed by atoms with Gasteiger partial charge in [-0.15, -0.1) is 0 Å². The first-order chi connectivity index (χ1) is 10.3. The van der Waals surface area contributed by atoms with Gasteiger partial charge < -0.3 is 9.84 Å². The summed E-state index contributed by atoms with van der Waals surface area (Å²) in [6.45, 7) is 0.834. The summed E-state index contributed by atoms with van der Waals surface area (Å²) in [5.74, 6) is -0.239. The van der Waals surface area contributed by atoms with Crippen LogP contribution in [0.4, 0.5) is 4.39 Å². The number of hydrogen-bond donors (Lipinski definition) is 1.